The Kier molecular flexibility index (Phi) is 4.19. The molecule has 0 amide bonds. The van der Waals surface area contributed by atoms with Crippen molar-refractivity contribution < 1.29 is 15.0 Å². The number of carboxylic acids is 1. The van der Waals surface area contributed by atoms with Gasteiger partial charge in [-0.15, -0.1) is 0 Å². The van der Waals surface area contributed by atoms with Crippen LogP contribution in [0, 0.1) is 0 Å². The maximum atomic E-state index is 10.9. The molecule has 0 aliphatic rings. The minimum absolute atomic E-state index is 0.00965. The number of hydrogen-bond donors (Lipinski definition) is 2. The van der Waals surface area contributed by atoms with Crippen molar-refractivity contribution in [3.05, 3.63) is 33.8 Å². The van der Waals surface area contributed by atoms with Gasteiger partial charge in [-0.3, -0.25) is 0 Å². The van der Waals surface area contributed by atoms with Crippen LogP contribution in [0.2, 0.25) is 10.0 Å². The number of carbonyl (C=O) groups is 1. The molecule has 1 atom stereocenters. The third-order valence-electron chi connectivity index (χ3n) is 2.46. The van der Waals surface area contributed by atoms with Crippen molar-refractivity contribution in [3.63, 3.8) is 0 Å². The van der Waals surface area contributed by atoms with Crippen LogP contribution in [0.5, 0.6) is 0 Å². The average Bonchev–Trinajstić information content (AvgIpc) is 2.23. The van der Waals surface area contributed by atoms with Crippen LogP contribution in [0.3, 0.4) is 0 Å². The van der Waals surface area contributed by atoms with Gasteiger partial charge in [0.25, 0.3) is 0 Å². The van der Waals surface area contributed by atoms with Crippen molar-refractivity contribution in [2.24, 2.45) is 0 Å². The third-order valence-corrected chi connectivity index (χ3v) is 3.20. The zero-order chi connectivity index (χ0) is 12.3. The van der Waals surface area contributed by atoms with Crippen molar-refractivity contribution in [1.29, 1.82) is 0 Å². The molecule has 5 heteroatoms. The number of hydrogen-bond acceptors (Lipinski definition) is 2. The second kappa shape index (κ2) is 5.04. The molecular formula is C11H12Cl2O3. The van der Waals surface area contributed by atoms with E-state index in [4.69, 9.17) is 28.3 Å². The molecule has 88 valence electrons. The molecule has 0 saturated carbocycles. The van der Waals surface area contributed by atoms with E-state index in [1.54, 1.807) is 25.1 Å². The lowest BCUT2D eigenvalue weighted by molar-refractivity contribution is -0.158. The van der Waals surface area contributed by atoms with Crippen molar-refractivity contribution in [3.8, 4) is 0 Å². The second-order valence-corrected chi connectivity index (χ2v) is 4.43. The first kappa shape index (κ1) is 13.3. The topological polar surface area (TPSA) is 57.5 Å². The molecule has 0 spiro atoms. The number of benzene rings is 1. The molecule has 0 saturated heterocycles. The SMILES string of the molecule is CC[C@@](O)(Cc1ccc(Cl)c(Cl)c1)C(=O)O. The number of carboxylic acid groups (broad SMARTS) is 1. The summed E-state index contributed by atoms with van der Waals surface area (Å²) >= 11 is 11.5. The standard InChI is InChI=1S/C11H12Cl2O3/c1-2-11(16,10(14)15)6-7-3-4-8(12)9(13)5-7/h3-5,16H,2,6H2,1H3,(H,14,15)/t11-/m1/s1. The Morgan fingerprint density at radius 2 is 2.00 bits per heavy atom. The lowest BCUT2D eigenvalue weighted by Crippen LogP contribution is -2.40. The van der Waals surface area contributed by atoms with Crippen molar-refractivity contribution in [1.82, 2.24) is 0 Å². The van der Waals surface area contributed by atoms with Crippen LogP contribution >= 0.6 is 23.2 Å². The monoisotopic (exact) mass is 262 g/mol. The van der Waals surface area contributed by atoms with Crippen LogP contribution in [0.15, 0.2) is 18.2 Å². The van der Waals surface area contributed by atoms with E-state index in [-0.39, 0.29) is 12.8 Å². The molecule has 0 bridgehead atoms. The molecule has 1 aromatic carbocycles. The Hall–Kier alpha value is -0.770. The first-order chi connectivity index (χ1) is 7.39. The lowest BCUT2D eigenvalue weighted by atomic mass is 9.92. The zero-order valence-corrected chi connectivity index (χ0v) is 10.2. The van der Waals surface area contributed by atoms with Gasteiger partial charge >= 0.3 is 5.97 Å². The van der Waals surface area contributed by atoms with Crippen molar-refractivity contribution >= 4 is 29.2 Å². The number of rotatable bonds is 4. The van der Waals surface area contributed by atoms with E-state index in [1.165, 1.54) is 0 Å². The second-order valence-electron chi connectivity index (χ2n) is 3.62. The van der Waals surface area contributed by atoms with Gasteiger partial charge in [0.2, 0.25) is 0 Å². The summed E-state index contributed by atoms with van der Waals surface area (Å²) in [5.41, 5.74) is -1.11. The molecule has 0 radical (unpaired) electrons. The van der Waals surface area contributed by atoms with Gasteiger partial charge in [0.1, 0.15) is 0 Å². The molecule has 16 heavy (non-hydrogen) atoms. The highest BCUT2D eigenvalue weighted by Gasteiger charge is 2.33. The van der Waals surface area contributed by atoms with E-state index in [2.05, 4.69) is 0 Å². The summed E-state index contributed by atoms with van der Waals surface area (Å²) in [6.45, 7) is 1.62. The Morgan fingerprint density at radius 3 is 2.44 bits per heavy atom. The minimum atomic E-state index is -1.75. The van der Waals surface area contributed by atoms with Gasteiger partial charge in [-0.2, -0.15) is 0 Å². The van der Waals surface area contributed by atoms with Gasteiger partial charge < -0.3 is 10.2 Å². The van der Waals surface area contributed by atoms with Gasteiger partial charge in [-0.25, -0.2) is 4.79 Å². The summed E-state index contributed by atoms with van der Waals surface area (Å²) < 4.78 is 0. The number of aliphatic hydroxyl groups is 1. The van der Waals surface area contributed by atoms with Gasteiger partial charge in [0.05, 0.1) is 10.0 Å². The van der Waals surface area contributed by atoms with Crippen LogP contribution in [-0.2, 0) is 11.2 Å². The first-order valence-electron chi connectivity index (χ1n) is 4.79. The predicted octanol–water partition coefficient (Wildman–Crippen LogP) is 2.76. The normalized spacial score (nSPS) is 14.5. The lowest BCUT2D eigenvalue weighted by Gasteiger charge is -2.21. The average molecular weight is 263 g/mol. The molecule has 0 unspecified atom stereocenters. The quantitative estimate of drug-likeness (QED) is 0.878. The highest BCUT2D eigenvalue weighted by atomic mass is 35.5. The summed E-state index contributed by atoms with van der Waals surface area (Å²) in [5.74, 6) is -1.24. The molecule has 1 rings (SSSR count). The largest absolute Gasteiger partial charge is 0.479 e. The van der Waals surface area contributed by atoms with Crippen LogP contribution in [0.1, 0.15) is 18.9 Å². The molecule has 0 fully saturated rings. The fourth-order valence-electron chi connectivity index (χ4n) is 1.34. The predicted molar refractivity (Wildman–Crippen MR) is 63.0 cm³/mol. The van der Waals surface area contributed by atoms with E-state index < -0.39 is 11.6 Å². The first-order valence-corrected chi connectivity index (χ1v) is 5.54. The summed E-state index contributed by atoms with van der Waals surface area (Å²) in [7, 11) is 0. The van der Waals surface area contributed by atoms with Crippen molar-refractivity contribution in [2.45, 2.75) is 25.4 Å². The highest BCUT2D eigenvalue weighted by Crippen LogP contribution is 2.25. The molecule has 3 nitrogen and oxygen atoms in total. The summed E-state index contributed by atoms with van der Waals surface area (Å²) in [4.78, 5) is 10.9. The molecular weight excluding hydrogens is 251 g/mol. The van der Waals surface area contributed by atoms with E-state index in [9.17, 15) is 9.90 Å². The van der Waals surface area contributed by atoms with Crippen LogP contribution in [0.25, 0.3) is 0 Å². The molecule has 0 heterocycles. The summed E-state index contributed by atoms with van der Waals surface area (Å²) in [5, 5.41) is 19.5. The van der Waals surface area contributed by atoms with Crippen LogP contribution < -0.4 is 0 Å². The van der Waals surface area contributed by atoms with E-state index in [1.807, 2.05) is 0 Å². The highest BCUT2D eigenvalue weighted by molar-refractivity contribution is 6.42. The van der Waals surface area contributed by atoms with Crippen LogP contribution in [-0.4, -0.2) is 21.8 Å². The van der Waals surface area contributed by atoms with E-state index in [0.29, 0.717) is 15.6 Å². The number of aliphatic carboxylic acids is 1. The number of halogens is 2. The van der Waals surface area contributed by atoms with Gasteiger partial charge in [-0.1, -0.05) is 36.2 Å². The van der Waals surface area contributed by atoms with E-state index in [0.717, 1.165) is 0 Å². The Morgan fingerprint density at radius 1 is 1.38 bits per heavy atom. The molecule has 0 aliphatic heterocycles. The maximum absolute atomic E-state index is 10.9. The fourth-order valence-corrected chi connectivity index (χ4v) is 1.66. The summed E-state index contributed by atoms with van der Waals surface area (Å²) in [6, 6.07) is 4.79. The van der Waals surface area contributed by atoms with Gasteiger partial charge in [-0.05, 0) is 24.1 Å². The van der Waals surface area contributed by atoms with E-state index >= 15 is 0 Å². The molecule has 1 aromatic rings. The molecule has 0 aromatic heterocycles. The Balaban J connectivity index is 2.95. The van der Waals surface area contributed by atoms with Gasteiger partial charge in [0, 0.05) is 6.42 Å². The maximum Gasteiger partial charge on any atom is 0.336 e. The Labute approximate surface area is 104 Å². The fraction of sp³-hybridized carbons (Fsp3) is 0.364. The van der Waals surface area contributed by atoms with Crippen LogP contribution in [0.4, 0.5) is 0 Å². The smallest absolute Gasteiger partial charge is 0.336 e. The Bertz CT molecular complexity index is 406. The molecule has 2 N–H and O–H groups in total. The summed E-state index contributed by atoms with van der Waals surface area (Å²) in [6.07, 6.45) is 0.137. The minimum Gasteiger partial charge on any atom is -0.479 e. The van der Waals surface area contributed by atoms with Gasteiger partial charge in [0.15, 0.2) is 5.60 Å². The third kappa shape index (κ3) is 2.88. The zero-order valence-electron chi connectivity index (χ0n) is 8.70. The van der Waals surface area contributed by atoms with Crippen molar-refractivity contribution in [2.75, 3.05) is 0 Å². The molecule has 0 aliphatic carbocycles.